The summed E-state index contributed by atoms with van der Waals surface area (Å²) in [6.07, 6.45) is 3.13. The van der Waals surface area contributed by atoms with Crippen molar-refractivity contribution in [1.82, 2.24) is 4.72 Å². The van der Waals surface area contributed by atoms with Gasteiger partial charge in [-0.15, -0.1) is 0 Å². The molecule has 0 saturated heterocycles. The van der Waals surface area contributed by atoms with Crippen LogP contribution < -0.4 is 9.46 Å². The molecule has 0 spiro atoms. The van der Waals surface area contributed by atoms with Crippen molar-refractivity contribution in [2.75, 3.05) is 13.7 Å². The van der Waals surface area contributed by atoms with Gasteiger partial charge in [0.2, 0.25) is 10.0 Å². The number of para-hydroxylation sites is 1. The van der Waals surface area contributed by atoms with E-state index >= 15 is 0 Å². The Labute approximate surface area is 142 Å². The molecule has 6 heteroatoms. The van der Waals surface area contributed by atoms with Gasteiger partial charge < -0.3 is 4.74 Å². The number of nitrogens with one attached hydrogen (secondary N) is 1. The van der Waals surface area contributed by atoms with Gasteiger partial charge in [-0.2, -0.15) is 0 Å². The van der Waals surface area contributed by atoms with Crippen molar-refractivity contribution in [1.29, 1.82) is 0 Å². The average Bonchev–Trinajstić information content (AvgIpc) is 2.61. The summed E-state index contributed by atoms with van der Waals surface area (Å²) in [5, 5.41) is 0. The quantitative estimate of drug-likeness (QED) is 0.619. The molecule has 1 N–H and O–H groups in total. The summed E-state index contributed by atoms with van der Waals surface area (Å²) in [4.78, 5) is 12.3. The van der Waals surface area contributed by atoms with Gasteiger partial charge in [-0.25, -0.2) is 13.1 Å². The van der Waals surface area contributed by atoms with Crippen molar-refractivity contribution >= 4 is 21.9 Å². The number of rotatable bonds is 7. The molecule has 0 amide bonds. The number of carbonyl (C=O) groups is 1. The highest BCUT2D eigenvalue weighted by atomic mass is 32.2. The fourth-order valence-corrected chi connectivity index (χ4v) is 2.81. The molecule has 2 aromatic rings. The third kappa shape index (κ3) is 4.31. The lowest BCUT2D eigenvalue weighted by Crippen LogP contribution is -2.18. The maximum Gasteiger partial charge on any atom is 0.240 e. The van der Waals surface area contributed by atoms with E-state index in [4.69, 9.17) is 4.74 Å². The monoisotopic (exact) mass is 345 g/mol. The first-order valence-corrected chi connectivity index (χ1v) is 8.94. The van der Waals surface area contributed by atoms with Crippen LogP contribution in [0.4, 0.5) is 0 Å². The van der Waals surface area contributed by atoms with Crippen LogP contribution in [0.15, 0.2) is 59.5 Å². The van der Waals surface area contributed by atoms with Crippen LogP contribution in [0.1, 0.15) is 22.8 Å². The van der Waals surface area contributed by atoms with Gasteiger partial charge in [-0.3, -0.25) is 4.79 Å². The number of benzene rings is 2. The van der Waals surface area contributed by atoms with Crippen molar-refractivity contribution in [3.63, 3.8) is 0 Å². The average molecular weight is 345 g/mol. The Morgan fingerprint density at radius 1 is 1.12 bits per heavy atom. The van der Waals surface area contributed by atoms with Crippen molar-refractivity contribution in [3.8, 4) is 5.75 Å². The molecule has 0 atom stereocenters. The first kappa shape index (κ1) is 17.9. The third-order valence-electron chi connectivity index (χ3n) is 3.35. The predicted molar refractivity (Wildman–Crippen MR) is 93.7 cm³/mol. The highest BCUT2D eigenvalue weighted by molar-refractivity contribution is 7.89. The lowest BCUT2D eigenvalue weighted by Gasteiger charge is -2.06. The minimum absolute atomic E-state index is 0.118. The number of sulfonamides is 1. The smallest absolute Gasteiger partial charge is 0.240 e. The molecule has 2 rings (SSSR count). The van der Waals surface area contributed by atoms with E-state index in [1.54, 1.807) is 6.08 Å². The van der Waals surface area contributed by atoms with Crippen LogP contribution in [0.2, 0.25) is 0 Å². The second-order valence-corrected chi connectivity index (χ2v) is 6.79. The summed E-state index contributed by atoms with van der Waals surface area (Å²) in [6.45, 7) is 2.44. The van der Waals surface area contributed by atoms with Crippen molar-refractivity contribution in [3.05, 3.63) is 65.7 Å². The van der Waals surface area contributed by atoms with E-state index in [1.165, 1.54) is 37.4 Å². The Kier molecular flexibility index (Phi) is 5.89. The molecule has 0 fully saturated rings. The second-order valence-electron chi connectivity index (χ2n) is 4.90. The van der Waals surface area contributed by atoms with Crippen LogP contribution in [0.25, 0.3) is 6.08 Å². The van der Waals surface area contributed by atoms with Crippen LogP contribution in [0.3, 0.4) is 0 Å². The number of allylic oxidation sites excluding steroid dienone is 1. The van der Waals surface area contributed by atoms with Gasteiger partial charge in [-0.05, 0) is 56.5 Å². The topological polar surface area (TPSA) is 72.5 Å². The SMILES string of the molecule is CCOc1ccccc1C=CC(=O)c1ccc(S(=O)(=O)NC)cc1. The Morgan fingerprint density at radius 2 is 1.79 bits per heavy atom. The molecule has 0 aliphatic heterocycles. The molecule has 0 aliphatic rings. The lowest BCUT2D eigenvalue weighted by atomic mass is 10.1. The summed E-state index contributed by atoms with van der Waals surface area (Å²) in [7, 11) is -2.16. The van der Waals surface area contributed by atoms with Crippen molar-refractivity contribution < 1.29 is 17.9 Å². The predicted octanol–water partition coefficient (Wildman–Crippen LogP) is 2.89. The second kappa shape index (κ2) is 7.90. The molecule has 0 aromatic heterocycles. The molecule has 5 nitrogen and oxygen atoms in total. The lowest BCUT2D eigenvalue weighted by molar-refractivity contribution is 0.104. The van der Waals surface area contributed by atoms with Crippen LogP contribution >= 0.6 is 0 Å². The van der Waals surface area contributed by atoms with E-state index in [2.05, 4.69) is 4.72 Å². The number of ketones is 1. The number of ether oxygens (including phenoxy) is 1. The van der Waals surface area contributed by atoms with E-state index in [1.807, 2.05) is 31.2 Å². The number of hydrogen-bond acceptors (Lipinski definition) is 4. The Morgan fingerprint density at radius 3 is 2.42 bits per heavy atom. The van der Waals surface area contributed by atoms with E-state index in [0.717, 1.165) is 5.56 Å². The Balaban J connectivity index is 2.18. The van der Waals surface area contributed by atoms with Crippen molar-refractivity contribution in [2.24, 2.45) is 0 Å². The molecular weight excluding hydrogens is 326 g/mol. The van der Waals surface area contributed by atoms with Crippen LogP contribution in [-0.2, 0) is 10.0 Å². The van der Waals surface area contributed by atoms with Crippen LogP contribution in [0.5, 0.6) is 5.75 Å². The first-order valence-electron chi connectivity index (χ1n) is 7.46. The van der Waals surface area contributed by atoms with E-state index < -0.39 is 10.0 Å². The Bertz CT molecular complexity index is 840. The molecule has 2 aromatic carbocycles. The van der Waals surface area contributed by atoms with Crippen LogP contribution in [0, 0.1) is 0 Å². The van der Waals surface area contributed by atoms with Gasteiger partial charge >= 0.3 is 0 Å². The summed E-state index contributed by atoms with van der Waals surface area (Å²) < 4.78 is 31.1. The summed E-state index contributed by atoms with van der Waals surface area (Å²) in [6, 6.07) is 13.2. The van der Waals surface area contributed by atoms with Gasteiger partial charge in [-0.1, -0.05) is 18.2 Å². The number of hydrogen-bond donors (Lipinski definition) is 1. The standard InChI is InChI=1S/C18H19NO4S/c1-3-23-18-7-5-4-6-15(18)10-13-17(20)14-8-11-16(12-9-14)24(21,22)19-2/h4-13,19H,3H2,1-2H3. The van der Waals surface area contributed by atoms with Crippen molar-refractivity contribution in [2.45, 2.75) is 11.8 Å². The minimum Gasteiger partial charge on any atom is -0.493 e. The molecule has 24 heavy (non-hydrogen) atoms. The highest BCUT2D eigenvalue weighted by Gasteiger charge is 2.11. The zero-order valence-electron chi connectivity index (χ0n) is 13.5. The van der Waals surface area contributed by atoms with E-state index in [0.29, 0.717) is 17.9 Å². The van der Waals surface area contributed by atoms with Gasteiger partial charge in [0, 0.05) is 11.1 Å². The van der Waals surface area contributed by atoms with Gasteiger partial charge in [0.1, 0.15) is 5.75 Å². The first-order chi connectivity index (χ1) is 11.5. The maximum atomic E-state index is 12.2. The summed E-state index contributed by atoms with van der Waals surface area (Å²) >= 11 is 0. The molecule has 0 radical (unpaired) electrons. The van der Waals surface area contributed by atoms with Crippen LogP contribution in [-0.4, -0.2) is 27.9 Å². The molecule has 126 valence electrons. The minimum atomic E-state index is -3.50. The highest BCUT2D eigenvalue weighted by Crippen LogP contribution is 2.20. The third-order valence-corrected chi connectivity index (χ3v) is 4.78. The molecule has 0 aliphatic carbocycles. The largest absolute Gasteiger partial charge is 0.493 e. The maximum absolute atomic E-state index is 12.2. The van der Waals surface area contributed by atoms with E-state index in [-0.39, 0.29) is 10.7 Å². The normalized spacial score (nSPS) is 11.6. The fraction of sp³-hybridized carbons (Fsp3) is 0.167. The zero-order valence-corrected chi connectivity index (χ0v) is 14.3. The molecule has 0 saturated carbocycles. The Hall–Kier alpha value is -2.44. The van der Waals surface area contributed by atoms with Gasteiger partial charge in [0.05, 0.1) is 11.5 Å². The molecule has 0 heterocycles. The van der Waals surface area contributed by atoms with Gasteiger partial charge in [0.15, 0.2) is 5.78 Å². The number of carbonyl (C=O) groups excluding carboxylic acids is 1. The molecular formula is C18H19NO4S. The summed E-state index contributed by atoms with van der Waals surface area (Å²) in [5.74, 6) is 0.495. The zero-order chi connectivity index (χ0) is 17.6. The van der Waals surface area contributed by atoms with E-state index in [9.17, 15) is 13.2 Å². The molecule has 0 bridgehead atoms. The van der Waals surface area contributed by atoms with Gasteiger partial charge in [0.25, 0.3) is 0 Å². The summed E-state index contributed by atoms with van der Waals surface area (Å²) in [5.41, 5.74) is 1.22. The fourth-order valence-electron chi connectivity index (χ4n) is 2.08. The molecule has 0 unspecified atom stereocenters.